The molecule has 21 heavy (non-hydrogen) atoms. The Hall–Kier alpha value is -1.71. The fraction of sp³-hybridized carbons (Fsp3) is 0.588. The van der Waals surface area contributed by atoms with E-state index in [-0.39, 0.29) is 18.1 Å². The summed E-state index contributed by atoms with van der Waals surface area (Å²) in [5, 5.41) is 3.24. The van der Waals surface area contributed by atoms with Gasteiger partial charge in [0.15, 0.2) is 0 Å². The van der Waals surface area contributed by atoms with Gasteiger partial charge in [-0.2, -0.15) is 0 Å². The molecule has 4 nitrogen and oxygen atoms in total. The molecule has 1 N–H and O–H groups in total. The van der Waals surface area contributed by atoms with Gasteiger partial charge in [-0.25, -0.2) is 4.79 Å². The highest BCUT2D eigenvalue weighted by atomic mass is 16.5. The minimum Gasteiger partial charge on any atom is -0.491 e. The van der Waals surface area contributed by atoms with Crippen LogP contribution >= 0.6 is 0 Å². The van der Waals surface area contributed by atoms with Gasteiger partial charge in [-0.3, -0.25) is 0 Å². The molecular weight excluding hydrogens is 266 g/mol. The van der Waals surface area contributed by atoms with Gasteiger partial charge in [-0.1, -0.05) is 26.3 Å². The Balaban J connectivity index is 2.74. The molecule has 2 atom stereocenters. The lowest BCUT2D eigenvalue weighted by molar-refractivity contribution is -0.144. The topological polar surface area (TPSA) is 47.6 Å². The quantitative estimate of drug-likeness (QED) is 0.699. The van der Waals surface area contributed by atoms with E-state index in [0.717, 1.165) is 30.7 Å². The van der Waals surface area contributed by atoms with Gasteiger partial charge in [-0.15, -0.1) is 0 Å². The molecule has 0 saturated heterocycles. The standard InChI is InChI=1S/C17H27NO3/c1-5-9-16(17(19)20-7-3)18-14-10-8-11-15(12-14)21-13(4)6-2/h8,10-13,16,18H,5-7,9H2,1-4H3. The summed E-state index contributed by atoms with van der Waals surface area (Å²) in [6, 6.07) is 7.40. The number of hydrogen-bond donors (Lipinski definition) is 1. The minimum absolute atomic E-state index is 0.178. The van der Waals surface area contributed by atoms with Crippen molar-refractivity contribution in [2.75, 3.05) is 11.9 Å². The highest BCUT2D eigenvalue weighted by molar-refractivity contribution is 5.79. The Morgan fingerprint density at radius 3 is 2.67 bits per heavy atom. The van der Waals surface area contributed by atoms with Crippen molar-refractivity contribution in [3.8, 4) is 5.75 Å². The molecule has 0 saturated carbocycles. The SMILES string of the molecule is CCCC(Nc1cccc(OC(C)CC)c1)C(=O)OCC. The molecule has 0 radical (unpaired) electrons. The summed E-state index contributed by atoms with van der Waals surface area (Å²) in [5.41, 5.74) is 0.877. The van der Waals surface area contributed by atoms with Crippen molar-refractivity contribution >= 4 is 11.7 Å². The molecular formula is C17H27NO3. The molecule has 0 aromatic heterocycles. The third-order valence-corrected chi connectivity index (χ3v) is 3.24. The maximum absolute atomic E-state index is 11.9. The van der Waals surface area contributed by atoms with Gasteiger partial charge in [0.05, 0.1) is 12.7 Å². The van der Waals surface area contributed by atoms with E-state index in [9.17, 15) is 4.79 Å². The van der Waals surface area contributed by atoms with Gasteiger partial charge >= 0.3 is 5.97 Å². The predicted molar refractivity (Wildman–Crippen MR) is 85.8 cm³/mol. The fourth-order valence-corrected chi connectivity index (χ4v) is 1.96. The lowest BCUT2D eigenvalue weighted by atomic mass is 10.1. The molecule has 4 heteroatoms. The largest absolute Gasteiger partial charge is 0.491 e. The molecule has 118 valence electrons. The first-order valence-corrected chi connectivity index (χ1v) is 7.80. The zero-order valence-corrected chi connectivity index (χ0v) is 13.5. The predicted octanol–water partition coefficient (Wildman–Crippen LogP) is 4.01. The molecule has 0 spiro atoms. The number of esters is 1. The number of carbonyl (C=O) groups is 1. The van der Waals surface area contributed by atoms with Crippen molar-refractivity contribution in [1.29, 1.82) is 0 Å². The number of ether oxygens (including phenoxy) is 2. The maximum Gasteiger partial charge on any atom is 0.328 e. The molecule has 0 amide bonds. The molecule has 2 unspecified atom stereocenters. The summed E-state index contributed by atoms with van der Waals surface area (Å²) in [5.74, 6) is 0.612. The molecule has 1 aromatic carbocycles. The van der Waals surface area contributed by atoms with Crippen molar-refractivity contribution in [1.82, 2.24) is 0 Å². The van der Waals surface area contributed by atoms with E-state index in [1.165, 1.54) is 0 Å². The average Bonchev–Trinajstić information content (AvgIpc) is 2.47. The highest BCUT2D eigenvalue weighted by Crippen LogP contribution is 2.20. The Bertz CT molecular complexity index is 434. The number of hydrogen-bond acceptors (Lipinski definition) is 4. The molecule has 0 heterocycles. The maximum atomic E-state index is 11.9. The summed E-state index contributed by atoms with van der Waals surface area (Å²) in [7, 11) is 0. The van der Waals surface area contributed by atoms with Crippen molar-refractivity contribution < 1.29 is 14.3 Å². The van der Waals surface area contributed by atoms with Gasteiger partial charge in [0.2, 0.25) is 0 Å². The van der Waals surface area contributed by atoms with E-state index in [4.69, 9.17) is 9.47 Å². The molecule has 1 rings (SSSR count). The molecule has 0 aliphatic heterocycles. The van der Waals surface area contributed by atoms with E-state index in [2.05, 4.69) is 19.2 Å². The zero-order chi connectivity index (χ0) is 15.7. The summed E-state index contributed by atoms with van der Waals surface area (Å²) in [6.07, 6.45) is 2.80. The molecule has 0 aliphatic carbocycles. The second kappa shape index (κ2) is 9.27. The molecule has 0 bridgehead atoms. The van der Waals surface area contributed by atoms with Gasteiger partial charge in [-0.05, 0) is 38.8 Å². The summed E-state index contributed by atoms with van der Waals surface area (Å²) in [4.78, 5) is 11.9. The number of carbonyl (C=O) groups excluding carboxylic acids is 1. The lowest BCUT2D eigenvalue weighted by Gasteiger charge is -2.19. The first kappa shape index (κ1) is 17.3. The summed E-state index contributed by atoms with van der Waals surface area (Å²) >= 11 is 0. The second-order valence-corrected chi connectivity index (χ2v) is 5.10. The monoisotopic (exact) mass is 293 g/mol. The smallest absolute Gasteiger partial charge is 0.328 e. The van der Waals surface area contributed by atoms with E-state index < -0.39 is 0 Å². The third kappa shape index (κ3) is 6.06. The van der Waals surface area contributed by atoms with Crippen LogP contribution in [0.4, 0.5) is 5.69 Å². The van der Waals surface area contributed by atoms with Crippen LogP contribution in [0.1, 0.15) is 47.0 Å². The van der Waals surface area contributed by atoms with Crippen molar-refractivity contribution in [3.63, 3.8) is 0 Å². The number of nitrogens with one attached hydrogen (secondary N) is 1. The third-order valence-electron chi connectivity index (χ3n) is 3.24. The summed E-state index contributed by atoms with van der Waals surface area (Å²) < 4.78 is 10.9. The number of benzene rings is 1. The Morgan fingerprint density at radius 1 is 1.29 bits per heavy atom. The first-order chi connectivity index (χ1) is 10.1. The van der Waals surface area contributed by atoms with Crippen LogP contribution in [0, 0.1) is 0 Å². The Kier molecular flexibility index (Phi) is 7.65. The van der Waals surface area contributed by atoms with E-state index in [1.54, 1.807) is 0 Å². The first-order valence-electron chi connectivity index (χ1n) is 7.80. The van der Waals surface area contributed by atoms with Crippen LogP contribution in [0.3, 0.4) is 0 Å². The van der Waals surface area contributed by atoms with Gasteiger partial charge in [0.1, 0.15) is 11.8 Å². The van der Waals surface area contributed by atoms with Crippen LogP contribution in [0.15, 0.2) is 24.3 Å². The summed E-state index contributed by atoms with van der Waals surface area (Å²) in [6.45, 7) is 8.40. The zero-order valence-electron chi connectivity index (χ0n) is 13.5. The second-order valence-electron chi connectivity index (χ2n) is 5.10. The van der Waals surface area contributed by atoms with Crippen molar-refractivity contribution in [2.45, 2.75) is 59.1 Å². The van der Waals surface area contributed by atoms with Crippen molar-refractivity contribution in [2.24, 2.45) is 0 Å². The van der Waals surface area contributed by atoms with Crippen LogP contribution in [0.5, 0.6) is 5.75 Å². The van der Waals surface area contributed by atoms with Crippen LogP contribution in [-0.4, -0.2) is 24.7 Å². The van der Waals surface area contributed by atoms with E-state index in [0.29, 0.717) is 6.61 Å². The van der Waals surface area contributed by atoms with Gasteiger partial charge in [0, 0.05) is 11.8 Å². The van der Waals surface area contributed by atoms with Crippen LogP contribution in [0.2, 0.25) is 0 Å². The highest BCUT2D eigenvalue weighted by Gasteiger charge is 2.18. The van der Waals surface area contributed by atoms with Gasteiger partial charge in [0.25, 0.3) is 0 Å². The normalized spacial score (nSPS) is 13.3. The number of anilines is 1. The molecule has 0 aliphatic rings. The fourth-order valence-electron chi connectivity index (χ4n) is 1.96. The van der Waals surface area contributed by atoms with Crippen LogP contribution in [0.25, 0.3) is 0 Å². The lowest BCUT2D eigenvalue weighted by Crippen LogP contribution is -2.31. The number of rotatable bonds is 9. The minimum atomic E-state index is -0.311. The Morgan fingerprint density at radius 2 is 2.05 bits per heavy atom. The Labute approximate surface area is 127 Å². The van der Waals surface area contributed by atoms with E-state index in [1.807, 2.05) is 38.1 Å². The molecule has 1 aromatic rings. The van der Waals surface area contributed by atoms with Gasteiger partial charge < -0.3 is 14.8 Å². The van der Waals surface area contributed by atoms with E-state index >= 15 is 0 Å². The van der Waals surface area contributed by atoms with Crippen molar-refractivity contribution in [3.05, 3.63) is 24.3 Å². The molecule has 0 fully saturated rings. The van der Waals surface area contributed by atoms with Crippen LogP contribution in [-0.2, 0) is 9.53 Å². The average molecular weight is 293 g/mol. The van der Waals surface area contributed by atoms with Crippen LogP contribution < -0.4 is 10.1 Å².